The van der Waals surface area contributed by atoms with E-state index in [1.807, 2.05) is 31.3 Å². The van der Waals surface area contributed by atoms with Crippen LogP contribution >= 0.6 is 27.5 Å². The van der Waals surface area contributed by atoms with Crippen molar-refractivity contribution >= 4 is 27.5 Å². The maximum Gasteiger partial charge on any atom is 0.126 e. The molecule has 0 aliphatic heterocycles. The first kappa shape index (κ1) is 14.5. The molecule has 19 heavy (non-hydrogen) atoms. The molecule has 0 spiro atoms. The molecule has 1 nitrogen and oxygen atoms in total. The van der Waals surface area contributed by atoms with Crippen LogP contribution in [0.15, 0.2) is 46.9 Å². The first-order valence-electron chi connectivity index (χ1n) is 5.97. The molecule has 0 radical (unpaired) electrons. The molecule has 100 valence electrons. The first-order chi connectivity index (χ1) is 9.11. The van der Waals surface area contributed by atoms with E-state index in [1.165, 1.54) is 6.07 Å². The van der Waals surface area contributed by atoms with Crippen LogP contribution in [0.4, 0.5) is 4.39 Å². The minimum Gasteiger partial charge on any atom is -0.313 e. The van der Waals surface area contributed by atoms with E-state index in [-0.39, 0.29) is 11.9 Å². The molecular weight excluding hydrogens is 329 g/mol. The zero-order valence-corrected chi connectivity index (χ0v) is 12.8. The van der Waals surface area contributed by atoms with Crippen molar-refractivity contribution in [3.05, 3.63) is 68.9 Å². The van der Waals surface area contributed by atoms with Gasteiger partial charge in [-0.15, -0.1) is 0 Å². The van der Waals surface area contributed by atoms with Crippen molar-refractivity contribution in [2.24, 2.45) is 0 Å². The minimum atomic E-state index is -0.186. The Balaban J connectivity index is 2.30. The lowest BCUT2D eigenvalue weighted by Gasteiger charge is -2.19. The van der Waals surface area contributed by atoms with Gasteiger partial charge in [-0.05, 0) is 48.9 Å². The predicted molar refractivity (Wildman–Crippen MR) is 81.1 cm³/mol. The molecule has 0 amide bonds. The minimum absolute atomic E-state index is 0.0260. The maximum absolute atomic E-state index is 13.7. The summed E-state index contributed by atoms with van der Waals surface area (Å²) in [6, 6.07) is 12.5. The number of likely N-dealkylation sites (N-methyl/N-ethyl adjacent to an activating group) is 1. The van der Waals surface area contributed by atoms with Crippen LogP contribution < -0.4 is 5.32 Å². The topological polar surface area (TPSA) is 12.0 Å². The van der Waals surface area contributed by atoms with Gasteiger partial charge >= 0.3 is 0 Å². The smallest absolute Gasteiger partial charge is 0.126 e. The Labute approximate surface area is 125 Å². The predicted octanol–water partition coefficient (Wildman–Crippen LogP) is 4.74. The molecule has 0 heterocycles. The summed E-state index contributed by atoms with van der Waals surface area (Å²) < 4.78 is 14.7. The highest BCUT2D eigenvalue weighted by Gasteiger charge is 2.15. The number of hydrogen-bond donors (Lipinski definition) is 1. The second kappa shape index (κ2) is 6.51. The van der Waals surface area contributed by atoms with Crippen LogP contribution in [-0.4, -0.2) is 7.05 Å². The van der Waals surface area contributed by atoms with Gasteiger partial charge in [0.15, 0.2) is 0 Å². The van der Waals surface area contributed by atoms with Crippen molar-refractivity contribution < 1.29 is 4.39 Å². The van der Waals surface area contributed by atoms with Crippen molar-refractivity contribution in [3.63, 3.8) is 0 Å². The van der Waals surface area contributed by atoms with Crippen molar-refractivity contribution in [2.45, 2.75) is 12.5 Å². The lowest BCUT2D eigenvalue weighted by Crippen LogP contribution is -2.19. The quantitative estimate of drug-likeness (QED) is 0.846. The Morgan fingerprint density at radius 3 is 2.68 bits per heavy atom. The summed E-state index contributed by atoms with van der Waals surface area (Å²) in [6.07, 6.45) is 0.555. The molecule has 2 aromatic rings. The lowest BCUT2D eigenvalue weighted by atomic mass is 9.98. The zero-order chi connectivity index (χ0) is 13.8. The van der Waals surface area contributed by atoms with E-state index in [9.17, 15) is 4.39 Å². The Kier molecular flexibility index (Phi) is 4.97. The highest BCUT2D eigenvalue weighted by Crippen LogP contribution is 2.29. The molecule has 0 fully saturated rings. The summed E-state index contributed by atoms with van der Waals surface area (Å²) in [4.78, 5) is 0. The maximum atomic E-state index is 13.7. The van der Waals surface area contributed by atoms with Gasteiger partial charge in [-0.1, -0.05) is 45.7 Å². The Hall–Kier alpha value is -0.900. The summed E-state index contributed by atoms with van der Waals surface area (Å²) in [5, 5.41) is 3.87. The highest BCUT2D eigenvalue weighted by atomic mass is 79.9. The van der Waals surface area contributed by atoms with Crippen LogP contribution in [0, 0.1) is 5.82 Å². The number of benzene rings is 2. The normalized spacial score (nSPS) is 12.4. The summed E-state index contributed by atoms with van der Waals surface area (Å²) in [7, 11) is 1.85. The Bertz CT molecular complexity index is 574. The Morgan fingerprint density at radius 2 is 2.00 bits per heavy atom. The van der Waals surface area contributed by atoms with Gasteiger partial charge < -0.3 is 5.32 Å². The third-order valence-corrected chi connectivity index (χ3v) is 3.90. The zero-order valence-electron chi connectivity index (χ0n) is 10.5. The Morgan fingerprint density at radius 1 is 1.26 bits per heavy atom. The molecule has 0 bridgehead atoms. The molecule has 2 rings (SSSR count). The van der Waals surface area contributed by atoms with Gasteiger partial charge in [0.05, 0.1) is 0 Å². The molecule has 0 aromatic heterocycles. The molecule has 1 unspecified atom stereocenters. The molecule has 0 aliphatic rings. The van der Waals surface area contributed by atoms with E-state index in [2.05, 4.69) is 21.2 Å². The van der Waals surface area contributed by atoms with Crippen molar-refractivity contribution in [2.75, 3.05) is 7.05 Å². The SMILES string of the molecule is CNC(Cc1ccccc1F)c1cc(Br)ccc1Cl. The third kappa shape index (κ3) is 3.56. The fraction of sp³-hybridized carbons (Fsp3) is 0.200. The van der Waals surface area contributed by atoms with Gasteiger partial charge in [0.25, 0.3) is 0 Å². The standard InChI is InChI=1S/C15H14BrClFN/c1-19-15(8-10-4-2-3-5-14(10)18)12-9-11(16)6-7-13(12)17/h2-7,9,15,19H,8H2,1H3. The molecule has 4 heteroatoms. The van der Waals surface area contributed by atoms with E-state index in [1.54, 1.807) is 12.1 Å². The number of halogens is 3. The van der Waals surface area contributed by atoms with E-state index in [4.69, 9.17) is 11.6 Å². The molecule has 1 atom stereocenters. The van der Waals surface area contributed by atoms with Crippen molar-refractivity contribution in [3.8, 4) is 0 Å². The summed E-state index contributed by atoms with van der Waals surface area (Å²) in [6.45, 7) is 0. The van der Waals surface area contributed by atoms with Crippen LogP contribution in [0.2, 0.25) is 5.02 Å². The van der Waals surface area contributed by atoms with Gasteiger partial charge in [0, 0.05) is 15.5 Å². The van der Waals surface area contributed by atoms with E-state index < -0.39 is 0 Å². The average molecular weight is 343 g/mol. The van der Waals surface area contributed by atoms with Gasteiger partial charge in [-0.2, -0.15) is 0 Å². The van der Waals surface area contributed by atoms with Crippen molar-refractivity contribution in [1.82, 2.24) is 5.32 Å². The number of nitrogens with one attached hydrogen (secondary N) is 1. The van der Waals surface area contributed by atoms with Crippen LogP contribution in [0.5, 0.6) is 0 Å². The number of rotatable bonds is 4. The average Bonchev–Trinajstić information content (AvgIpc) is 2.41. The molecule has 1 N–H and O–H groups in total. The van der Waals surface area contributed by atoms with E-state index in [0.717, 1.165) is 10.0 Å². The van der Waals surface area contributed by atoms with Crippen LogP contribution in [-0.2, 0) is 6.42 Å². The summed E-state index contributed by atoms with van der Waals surface area (Å²) in [5.74, 6) is -0.186. The third-order valence-electron chi connectivity index (χ3n) is 3.06. The van der Waals surface area contributed by atoms with Crippen LogP contribution in [0.25, 0.3) is 0 Å². The summed E-state index contributed by atoms with van der Waals surface area (Å²) in [5.41, 5.74) is 1.64. The van der Waals surface area contributed by atoms with Gasteiger partial charge in [0.2, 0.25) is 0 Å². The molecule has 0 saturated heterocycles. The fourth-order valence-electron chi connectivity index (χ4n) is 2.03. The molecule has 0 aliphatic carbocycles. The van der Waals surface area contributed by atoms with E-state index in [0.29, 0.717) is 17.0 Å². The summed E-state index contributed by atoms with van der Waals surface area (Å²) >= 11 is 9.65. The second-order valence-corrected chi connectivity index (χ2v) is 5.63. The largest absolute Gasteiger partial charge is 0.313 e. The molecule has 0 saturated carbocycles. The lowest BCUT2D eigenvalue weighted by molar-refractivity contribution is 0.554. The molecular formula is C15H14BrClFN. The molecule has 2 aromatic carbocycles. The monoisotopic (exact) mass is 341 g/mol. The fourth-order valence-corrected chi connectivity index (χ4v) is 2.66. The van der Waals surface area contributed by atoms with Crippen molar-refractivity contribution in [1.29, 1.82) is 0 Å². The van der Waals surface area contributed by atoms with Gasteiger partial charge in [0.1, 0.15) is 5.82 Å². The van der Waals surface area contributed by atoms with Crippen LogP contribution in [0.3, 0.4) is 0 Å². The second-order valence-electron chi connectivity index (χ2n) is 4.30. The number of hydrogen-bond acceptors (Lipinski definition) is 1. The highest BCUT2D eigenvalue weighted by molar-refractivity contribution is 9.10. The van der Waals surface area contributed by atoms with E-state index >= 15 is 0 Å². The van der Waals surface area contributed by atoms with Crippen LogP contribution in [0.1, 0.15) is 17.2 Å². The van der Waals surface area contributed by atoms with Gasteiger partial charge in [-0.3, -0.25) is 0 Å². The van der Waals surface area contributed by atoms with Gasteiger partial charge in [-0.25, -0.2) is 4.39 Å². The first-order valence-corrected chi connectivity index (χ1v) is 7.14.